The number of azide groups is 1. The van der Waals surface area contributed by atoms with Gasteiger partial charge in [0.15, 0.2) is 12.0 Å². The highest BCUT2D eigenvalue weighted by Crippen LogP contribution is 2.44. The van der Waals surface area contributed by atoms with Gasteiger partial charge in [0.2, 0.25) is 5.78 Å². The first kappa shape index (κ1) is 23.2. The van der Waals surface area contributed by atoms with Gasteiger partial charge >= 0.3 is 0 Å². The number of phenols is 1. The Morgan fingerprint density at radius 1 is 1.17 bits per heavy atom. The van der Waals surface area contributed by atoms with Gasteiger partial charge in [-0.2, -0.15) is 0 Å². The first-order chi connectivity index (χ1) is 17.3. The molecule has 4 N–H and O–H groups in total. The molecule has 36 heavy (non-hydrogen) atoms. The topological polar surface area (TPSA) is 144 Å². The summed E-state index contributed by atoms with van der Waals surface area (Å²) in [7, 11) is 0. The number of carbonyl (C=O) groups excluding carboxylic acids is 1. The number of aromatic nitrogens is 1. The zero-order valence-corrected chi connectivity index (χ0v) is 19.7. The third kappa shape index (κ3) is 4.55. The van der Waals surface area contributed by atoms with Gasteiger partial charge < -0.3 is 20.5 Å². The maximum atomic E-state index is 13.8. The Morgan fingerprint density at radius 3 is 2.58 bits per heavy atom. The molecule has 2 aliphatic rings. The molecule has 3 atom stereocenters. The van der Waals surface area contributed by atoms with Crippen molar-refractivity contribution in [2.45, 2.75) is 37.7 Å². The lowest BCUT2D eigenvalue weighted by Gasteiger charge is -2.40. The maximum Gasteiger partial charge on any atom is 0.204 e. The average molecular weight is 484 g/mol. The Hall–Kier alpha value is -4.53. The van der Waals surface area contributed by atoms with Crippen molar-refractivity contribution < 1.29 is 14.6 Å². The number of ketones is 1. The molecule has 0 amide bonds. The molecule has 0 fully saturated rings. The van der Waals surface area contributed by atoms with Crippen molar-refractivity contribution in [3.05, 3.63) is 106 Å². The van der Waals surface area contributed by atoms with Crippen molar-refractivity contribution in [3.63, 3.8) is 0 Å². The molecule has 0 saturated heterocycles. The zero-order chi connectivity index (χ0) is 25.3. The van der Waals surface area contributed by atoms with E-state index in [2.05, 4.69) is 31.0 Å². The van der Waals surface area contributed by atoms with E-state index in [1.165, 1.54) is 0 Å². The molecule has 1 aromatic heterocycles. The van der Waals surface area contributed by atoms with E-state index < -0.39 is 17.7 Å². The van der Waals surface area contributed by atoms with E-state index in [4.69, 9.17) is 10.3 Å². The number of nitrogens with zero attached hydrogens (tertiary/aromatic N) is 4. The highest BCUT2D eigenvalue weighted by molar-refractivity contribution is 6.01. The molecule has 2 aromatic carbocycles. The van der Waals surface area contributed by atoms with Gasteiger partial charge in [0, 0.05) is 34.1 Å². The van der Waals surface area contributed by atoms with E-state index in [0.717, 1.165) is 16.8 Å². The molecule has 3 unspecified atom stereocenters. The normalized spacial score (nSPS) is 22.0. The van der Waals surface area contributed by atoms with Crippen LogP contribution in [0.25, 0.3) is 10.4 Å². The largest absolute Gasteiger partial charge is 0.508 e. The van der Waals surface area contributed by atoms with Crippen molar-refractivity contribution >= 4 is 17.2 Å². The molecule has 10 heteroatoms. The first-order valence-electron chi connectivity index (χ1n) is 11.5. The SMILES string of the molecule is CC1(C)NC2=C(C(Nc3cccnc3)N1)C(c1ccc(O)cc1)C(C(=O)c1ccc(N=[N+]=[N-])cc1)O2. The number of nitrogens with one attached hydrogen (secondary N) is 3. The van der Waals surface area contributed by atoms with Gasteiger partial charge in [0.05, 0.1) is 17.3 Å². The summed E-state index contributed by atoms with van der Waals surface area (Å²) in [4.78, 5) is 20.7. The fraction of sp³-hybridized carbons (Fsp3) is 0.231. The van der Waals surface area contributed by atoms with Crippen LogP contribution in [0.3, 0.4) is 0 Å². The summed E-state index contributed by atoms with van der Waals surface area (Å²) >= 11 is 0. The fourth-order valence-electron chi connectivity index (χ4n) is 4.62. The molecular weight excluding hydrogens is 458 g/mol. The molecule has 10 nitrogen and oxygen atoms in total. The first-order valence-corrected chi connectivity index (χ1v) is 11.5. The van der Waals surface area contributed by atoms with Gasteiger partial charge in [-0.15, -0.1) is 0 Å². The predicted molar refractivity (Wildman–Crippen MR) is 134 cm³/mol. The number of phenolic OH excluding ortho intramolecular Hbond substituents is 1. The number of rotatable bonds is 6. The molecule has 3 heterocycles. The summed E-state index contributed by atoms with van der Waals surface area (Å²) < 4.78 is 6.34. The monoisotopic (exact) mass is 483 g/mol. The number of carbonyl (C=O) groups is 1. The summed E-state index contributed by atoms with van der Waals surface area (Å²) in [5.74, 6) is 0.00147. The van der Waals surface area contributed by atoms with E-state index in [1.54, 1.807) is 60.9 Å². The van der Waals surface area contributed by atoms with Gasteiger partial charge in [-0.1, -0.05) is 41.5 Å². The van der Waals surface area contributed by atoms with E-state index >= 15 is 0 Å². The van der Waals surface area contributed by atoms with Crippen LogP contribution in [-0.2, 0) is 4.74 Å². The van der Waals surface area contributed by atoms with Crippen LogP contribution in [0.15, 0.2) is 89.6 Å². The summed E-state index contributed by atoms with van der Waals surface area (Å²) in [5, 5.41) is 23.9. The number of Topliss-reactive ketones (excluding diaryl/α,β-unsaturated/α-hetero) is 1. The second-order valence-corrected chi connectivity index (χ2v) is 9.21. The molecule has 0 spiro atoms. The van der Waals surface area contributed by atoms with Crippen molar-refractivity contribution in [3.8, 4) is 5.75 Å². The minimum Gasteiger partial charge on any atom is -0.508 e. The third-order valence-corrected chi connectivity index (χ3v) is 6.18. The number of pyridine rings is 1. The van der Waals surface area contributed by atoms with Gasteiger partial charge in [-0.05, 0) is 49.2 Å². The molecule has 0 radical (unpaired) electrons. The lowest BCUT2D eigenvalue weighted by Crippen LogP contribution is -2.62. The number of hydrogen-bond acceptors (Lipinski definition) is 8. The molecule has 0 saturated carbocycles. The number of aromatic hydroxyl groups is 1. The van der Waals surface area contributed by atoms with Crippen molar-refractivity contribution in [2.75, 3.05) is 5.32 Å². The van der Waals surface area contributed by atoms with Crippen LogP contribution in [0, 0.1) is 0 Å². The second-order valence-electron chi connectivity index (χ2n) is 9.21. The highest BCUT2D eigenvalue weighted by Gasteiger charge is 2.49. The molecular formula is C26H25N7O3. The maximum absolute atomic E-state index is 13.8. The van der Waals surface area contributed by atoms with Crippen molar-refractivity contribution in [2.24, 2.45) is 5.11 Å². The molecule has 182 valence electrons. The van der Waals surface area contributed by atoms with Crippen molar-refractivity contribution in [1.82, 2.24) is 15.6 Å². The van der Waals surface area contributed by atoms with E-state index in [9.17, 15) is 9.90 Å². The average Bonchev–Trinajstić information content (AvgIpc) is 3.24. The molecule has 2 aliphatic heterocycles. The Morgan fingerprint density at radius 2 is 1.92 bits per heavy atom. The van der Waals surface area contributed by atoms with E-state index in [-0.39, 0.29) is 17.7 Å². The predicted octanol–water partition coefficient (Wildman–Crippen LogP) is 4.67. The smallest absolute Gasteiger partial charge is 0.204 e. The van der Waals surface area contributed by atoms with E-state index in [0.29, 0.717) is 17.1 Å². The third-order valence-electron chi connectivity index (χ3n) is 6.18. The summed E-state index contributed by atoms with van der Waals surface area (Å²) in [6.45, 7) is 3.97. The number of ether oxygens (including phenoxy) is 1. The minimum atomic E-state index is -0.855. The summed E-state index contributed by atoms with van der Waals surface area (Å²) in [6.07, 6.45) is 2.21. The lowest BCUT2D eigenvalue weighted by molar-refractivity contribution is 0.0620. The molecule has 0 aliphatic carbocycles. The van der Waals surface area contributed by atoms with Crippen LogP contribution in [0.1, 0.15) is 35.7 Å². The number of anilines is 1. The van der Waals surface area contributed by atoms with Crippen LogP contribution in [0.5, 0.6) is 5.75 Å². The Labute approximate surface area is 207 Å². The minimum absolute atomic E-state index is 0.134. The van der Waals surface area contributed by atoms with Crippen LogP contribution in [0.2, 0.25) is 0 Å². The Kier molecular flexibility index (Phi) is 5.97. The standard InChI is InChI=1S/C26H25N7O3/c1-26(2)30-24(29-18-4-3-13-28-14-18)21-20(15-7-11-19(34)12-8-15)23(36-25(21)31-26)22(35)16-5-9-17(10-6-16)32-33-27/h3-14,20,23-24,29-31,34H,1-2H3. The van der Waals surface area contributed by atoms with Gasteiger partial charge in [-0.3, -0.25) is 15.1 Å². The highest BCUT2D eigenvalue weighted by atomic mass is 16.5. The van der Waals surface area contributed by atoms with Gasteiger partial charge in [0.1, 0.15) is 11.9 Å². The lowest BCUT2D eigenvalue weighted by atomic mass is 9.82. The Bertz CT molecular complexity index is 1350. The number of benzene rings is 2. The fourth-order valence-corrected chi connectivity index (χ4v) is 4.62. The van der Waals surface area contributed by atoms with Crippen LogP contribution >= 0.6 is 0 Å². The quantitative estimate of drug-likeness (QED) is 0.172. The molecule has 3 aromatic rings. The van der Waals surface area contributed by atoms with Gasteiger partial charge in [0.25, 0.3) is 0 Å². The van der Waals surface area contributed by atoms with Crippen LogP contribution in [-0.4, -0.2) is 33.8 Å². The number of hydrogen-bond donors (Lipinski definition) is 4. The molecule has 5 rings (SSSR count). The second kappa shape index (κ2) is 9.26. The van der Waals surface area contributed by atoms with E-state index in [1.807, 2.05) is 26.0 Å². The zero-order valence-electron chi connectivity index (χ0n) is 19.7. The van der Waals surface area contributed by atoms with Gasteiger partial charge in [-0.25, -0.2) is 0 Å². The molecule has 0 bridgehead atoms. The van der Waals surface area contributed by atoms with Crippen molar-refractivity contribution in [1.29, 1.82) is 0 Å². The summed E-state index contributed by atoms with van der Waals surface area (Å²) in [6, 6.07) is 17.0. The Balaban J connectivity index is 1.56. The van der Waals surface area contributed by atoms with Crippen LogP contribution in [0.4, 0.5) is 11.4 Å². The summed E-state index contributed by atoms with van der Waals surface area (Å²) in [5.41, 5.74) is 11.5. The van der Waals surface area contributed by atoms with Crippen LogP contribution < -0.4 is 16.0 Å².